The second kappa shape index (κ2) is 7.40. The van der Waals surface area contributed by atoms with Crippen molar-refractivity contribution in [1.82, 2.24) is 13.9 Å². The Morgan fingerprint density at radius 3 is 1.24 bits per heavy atom. The Hall–Kier alpha value is -4.26. The number of nitrogens with zero attached hydrogens (tertiary/aromatic N) is 3. The Morgan fingerprint density at radius 1 is 0.517 bits per heavy atom. The van der Waals surface area contributed by atoms with Crippen LogP contribution in [0.4, 0.5) is 0 Å². The third-order valence-corrected chi connectivity index (χ3v) is 4.39. The smallest absolute Gasteiger partial charge is 0.267 e. The van der Waals surface area contributed by atoms with Crippen LogP contribution in [0, 0.1) is 0 Å². The molecule has 0 N–H and O–H groups in total. The van der Waals surface area contributed by atoms with E-state index in [0.717, 1.165) is 4.57 Å². The van der Waals surface area contributed by atoms with Gasteiger partial charge >= 0.3 is 11.4 Å². The van der Waals surface area contributed by atoms with Crippen molar-refractivity contribution < 1.29 is 9.59 Å². The number of carbonyl (C=O) groups is 2. The first-order valence-electron chi connectivity index (χ1n) is 8.81. The van der Waals surface area contributed by atoms with Gasteiger partial charge in [0.15, 0.2) is 0 Å². The largest absolute Gasteiger partial charge is 0.359 e. The minimum atomic E-state index is -0.917. The normalized spacial score (nSPS) is 10.6. The molecule has 0 atom stereocenters. The van der Waals surface area contributed by atoms with E-state index in [-0.39, 0.29) is 16.8 Å². The first-order valence-corrected chi connectivity index (χ1v) is 8.81. The average molecular weight is 385 g/mol. The van der Waals surface area contributed by atoms with Gasteiger partial charge < -0.3 is 0 Å². The molecule has 0 unspecified atom stereocenters. The highest BCUT2D eigenvalue weighted by atomic mass is 16.2. The topological polar surface area (TPSA) is 83.1 Å². The van der Waals surface area contributed by atoms with Crippen LogP contribution in [0.1, 0.15) is 20.7 Å². The highest BCUT2D eigenvalue weighted by molar-refractivity contribution is 6.00. The van der Waals surface area contributed by atoms with Crippen LogP contribution in [-0.4, -0.2) is 25.7 Å². The van der Waals surface area contributed by atoms with Crippen molar-refractivity contribution in [1.29, 1.82) is 0 Å². The minimum Gasteiger partial charge on any atom is -0.267 e. The monoisotopic (exact) mass is 385 g/mol. The van der Waals surface area contributed by atoms with E-state index in [2.05, 4.69) is 0 Å². The summed E-state index contributed by atoms with van der Waals surface area (Å²) in [6.07, 6.45) is 0. The van der Waals surface area contributed by atoms with Gasteiger partial charge in [0.1, 0.15) is 0 Å². The number of hydrogen-bond donors (Lipinski definition) is 0. The number of aromatic nitrogens is 3. The zero-order valence-corrected chi connectivity index (χ0v) is 15.1. The van der Waals surface area contributed by atoms with Gasteiger partial charge in [-0.15, -0.1) is 0 Å². The molecule has 3 aromatic carbocycles. The van der Waals surface area contributed by atoms with Crippen molar-refractivity contribution in [3.05, 3.63) is 123 Å². The Kier molecular flexibility index (Phi) is 4.62. The summed E-state index contributed by atoms with van der Waals surface area (Å²) in [5.41, 5.74) is -1.22. The standard InChI is InChI=1S/C22H15N3O4/c26-19(16-10-4-1-5-11-16)24-21(28)23(18-14-8-3-9-15-18)22(29)25(24)20(27)17-12-6-2-7-13-17/h1-15H. The molecule has 0 aliphatic heterocycles. The molecule has 0 bridgehead atoms. The highest BCUT2D eigenvalue weighted by Gasteiger charge is 2.27. The van der Waals surface area contributed by atoms with Gasteiger partial charge in [0, 0.05) is 11.1 Å². The van der Waals surface area contributed by atoms with E-state index in [1.807, 2.05) is 0 Å². The first kappa shape index (κ1) is 18.1. The fourth-order valence-corrected chi connectivity index (χ4v) is 3.00. The summed E-state index contributed by atoms with van der Waals surface area (Å²) in [4.78, 5) is 52.3. The van der Waals surface area contributed by atoms with E-state index >= 15 is 0 Å². The molecule has 1 heterocycles. The van der Waals surface area contributed by atoms with Crippen LogP contribution in [0.15, 0.2) is 101 Å². The van der Waals surface area contributed by atoms with Crippen molar-refractivity contribution in [2.24, 2.45) is 0 Å². The number of carbonyl (C=O) groups excluding carboxylic acids is 2. The van der Waals surface area contributed by atoms with Gasteiger partial charge in [0.2, 0.25) is 0 Å². The molecule has 0 amide bonds. The van der Waals surface area contributed by atoms with Crippen LogP contribution >= 0.6 is 0 Å². The molecule has 7 heteroatoms. The lowest BCUT2D eigenvalue weighted by Gasteiger charge is -2.07. The third kappa shape index (κ3) is 3.14. The molecule has 1 aromatic heterocycles. The van der Waals surface area contributed by atoms with Gasteiger partial charge in [-0.2, -0.15) is 9.36 Å². The minimum absolute atomic E-state index is 0.175. The van der Waals surface area contributed by atoms with Crippen molar-refractivity contribution in [3.63, 3.8) is 0 Å². The Morgan fingerprint density at radius 2 is 0.862 bits per heavy atom. The summed E-state index contributed by atoms with van der Waals surface area (Å²) in [6.45, 7) is 0. The molecule has 7 nitrogen and oxygen atoms in total. The van der Waals surface area contributed by atoms with E-state index in [0.29, 0.717) is 9.36 Å². The van der Waals surface area contributed by atoms with E-state index in [1.54, 1.807) is 66.7 Å². The summed E-state index contributed by atoms with van der Waals surface area (Å²) in [5.74, 6) is -1.54. The van der Waals surface area contributed by atoms with Crippen LogP contribution in [-0.2, 0) is 0 Å². The first-order chi connectivity index (χ1) is 14.1. The van der Waals surface area contributed by atoms with E-state index in [4.69, 9.17) is 0 Å². The molecular weight excluding hydrogens is 370 g/mol. The van der Waals surface area contributed by atoms with Crippen molar-refractivity contribution >= 4 is 11.8 Å². The summed E-state index contributed by atoms with van der Waals surface area (Å²) in [5, 5.41) is 0. The summed E-state index contributed by atoms with van der Waals surface area (Å²) < 4.78 is 1.97. The second-order valence-electron chi connectivity index (χ2n) is 6.20. The van der Waals surface area contributed by atoms with Gasteiger partial charge in [0.25, 0.3) is 11.8 Å². The summed E-state index contributed by atoms with van der Waals surface area (Å²) in [6, 6.07) is 24.2. The van der Waals surface area contributed by atoms with Crippen molar-refractivity contribution in [2.45, 2.75) is 0 Å². The van der Waals surface area contributed by atoms with Crippen molar-refractivity contribution in [3.8, 4) is 5.69 Å². The summed E-state index contributed by atoms with van der Waals surface area (Å²) in [7, 11) is 0. The number of para-hydroxylation sites is 1. The van der Waals surface area contributed by atoms with E-state index < -0.39 is 23.2 Å². The average Bonchev–Trinajstić information content (AvgIpc) is 3.04. The van der Waals surface area contributed by atoms with E-state index in [9.17, 15) is 19.2 Å². The molecule has 0 saturated heterocycles. The lowest BCUT2D eigenvalue weighted by atomic mass is 10.2. The molecule has 0 saturated carbocycles. The fraction of sp³-hybridized carbons (Fsp3) is 0. The van der Waals surface area contributed by atoms with Crippen LogP contribution < -0.4 is 11.4 Å². The van der Waals surface area contributed by atoms with Crippen LogP contribution in [0.3, 0.4) is 0 Å². The Labute approximate surface area is 164 Å². The van der Waals surface area contributed by atoms with Gasteiger partial charge in [-0.1, -0.05) is 54.6 Å². The van der Waals surface area contributed by atoms with Crippen LogP contribution in [0.2, 0.25) is 0 Å². The Balaban J connectivity index is 2.01. The predicted molar refractivity (Wildman–Crippen MR) is 107 cm³/mol. The van der Waals surface area contributed by atoms with Gasteiger partial charge in [-0.25, -0.2) is 14.2 Å². The maximum Gasteiger partial charge on any atom is 0.359 e. The number of benzene rings is 3. The van der Waals surface area contributed by atoms with Gasteiger partial charge in [-0.3, -0.25) is 9.59 Å². The van der Waals surface area contributed by atoms with Crippen LogP contribution in [0.25, 0.3) is 5.69 Å². The second-order valence-corrected chi connectivity index (χ2v) is 6.20. The lowest BCUT2D eigenvalue weighted by Crippen LogP contribution is -2.37. The van der Waals surface area contributed by atoms with Crippen LogP contribution in [0.5, 0.6) is 0 Å². The van der Waals surface area contributed by atoms with Gasteiger partial charge in [-0.05, 0) is 36.4 Å². The molecule has 0 spiro atoms. The molecular formula is C22H15N3O4. The van der Waals surface area contributed by atoms with Crippen molar-refractivity contribution in [2.75, 3.05) is 0 Å². The molecule has 4 rings (SSSR count). The third-order valence-electron chi connectivity index (χ3n) is 4.39. The Bertz CT molecular complexity index is 1220. The maximum absolute atomic E-state index is 13.1. The molecule has 0 aliphatic carbocycles. The molecule has 4 aromatic rings. The van der Waals surface area contributed by atoms with E-state index in [1.165, 1.54) is 24.3 Å². The summed E-state index contributed by atoms with van der Waals surface area (Å²) >= 11 is 0. The molecule has 142 valence electrons. The molecule has 0 radical (unpaired) electrons. The molecule has 0 fully saturated rings. The lowest BCUT2D eigenvalue weighted by molar-refractivity contribution is 0.0841. The van der Waals surface area contributed by atoms with Gasteiger partial charge in [0.05, 0.1) is 5.69 Å². The maximum atomic E-state index is 13.1. The SMILES string of the molecule is O=C(c1ccccc1)n1c(=O)n(-c2ccccc2)c(=O)n1C(=O)c1ccccc1. The number of rotatable bonds is 3. The zero-order chi connectivity index (χ0) is 20.4. The highest BCUT2D eigenvalue weighted by Crippen LogP contribution is 2.07. The molecule has 29 heavy (non-hydrogen) atoms. The molecule has 0 aliphatic rings. The predicted octanol–water partition coefficient (Wildman–Crippen LogP) is 2.18. The number of hydrogen-bond acceptors (Lipinski definition) is 4. The fourth-order valence-electron chi connectivity index (χ4n) is 3.00. The zero-order valence-electron chi connectivity index (χ0n) is 15.1. The quantitative estimate of drug-likeness (QED) is 0.541.